The average Bonchev–Trinajstić information content (AvgIpc) is 2.60. The van der Waals surface area contributed by atoms with Crippen LogP contribution in [0.15, 0.2) is 48.5 Å². The zero-order valence-electron chi connectivity index (χ0n) is 16.3. The topological polar surface area (TPSA) is 75.7 Å². The number of carbonyl (C=O) groups is 1. The summed E-state index contributed by atoms with van der Waals surface area (Å²) in [5.41, 5.74) is 1.23. The molecule has 8 heteroatoms. The third-order valence-corrected chi connectivity index (χ3v) is 5.40. The second-order valence-electron chi connectivity index (χ2n) is 6.74. The molecule has 1 atom stereocenters. The van der Waals surface area contributed by atoms with Crippen molar-refractivity contribution in [3.63, 3.8) is 0 Å². The van der Waals surface area contributed by atoms with Gasteiger partial charge in [0.2, 0.25) is 15.9 Å². The van der Waals surface area contributed by atoms with Crippen LogP contribution in [0.25, 0.3) is 0 Å². The van der Waals surface area contributed by atoms with Crippen LogP contribution in [0.2, 0.25) is 5.02 Å². The Kier molecular flexibility index (Phi) is 7.32. The summed E-state index contributed by atoms with van der Waals surface area (Å²) in [6, 6.07) is 12.8. The average molecular weight is 425 g/mol. The number of nitrogens with one attached hydrogen (secondary N) is 1. The molecule has 0 aliphatic rings. The van der Waals surface area contributed by atoms with E-state index in [1.165, 1.54) is 0 Å². The molecule has 0 fully saturated rings. The van der Waals surface area contributed by atoms with E-state index in [4.69, 9.17) is 16.3 Å². The molecule has 152 valence electrons. The molecule has 0 aromatic heterocycles. The SMILES string of the molecule is CC(C)Oc1cccc(CNC(=O)C(C)N(c2ccc(Cl)cc2)S(C)(=O)=O)c1. The maximum atomic E-state index is 12.6. The zero-order chi connectivity index (χ0) is 20.9. The van der Waals surface area contributed by atoms with Crippen molar-refractivity contribution < 1.29 is 17.9 Å². The molecule has 0 saturated carbocycles. The van der Waals surface area contributed by atoms with Gasteiger partial charge in [0.25, 0.3) is 0 Å². The fourth-order valence-corrected chi connectivity index (χ4v) is 4.04. The molecule has 1 unspecified atom stereocenters. The van der Waals surface area contributed by atoms with Crippen molar-refractivity contribution in [2.24, 2.45) is 0 Å². The molecule has 0 saturated heterocycles. The number of benzene rings is 2. The number of rotatable bonds is 8. The van der Waals surface area contributed by atoms with Gasteiger partial charge in [-0.05, 0) is 62.7 Å². The van der Waals surface area contributed by atoms with Crippen molar-refractivity contribution in [3.05, 3.63) is 59.1 Å². The van der Waals surface area contributed by atoms with Crippen molar-refractivity contribution >= 4 is 33.2 Å². The van der Waals surface area contributed by atoms with Crippen LogP contribution in [0.5, 0.6) is 5.75 Å². The Labute approximate surface area is 171 Å². The lowest BCUT2D eigenvalue weighted by atomic mass is 10.2. The molecule has 2 rings (SSSR count). The monoisotopic (exact) mass is 424 g/mol. The molecule has 2 aromatic carbocycles. The summed E-state index contributed by atoms with van der Waals surface area (Å²) in [7, 11) is -3.67. The molecule has 0 spiro atoms. The van der Waals surface area contributed by atoms with Gasteiger partial charge in [0.05, 0.1) is 18.0 Å². The predicted octanol–water partition coefficient (Wildman–Crippen LogP) is 3.60. The first-order valence-corrected chi connectivity index (χ1v) is 11.1. The molecule has 0 aliphatic heterocycles. The number of amides is 1. The van der Waals surface area contributed by atoms with E-state index in [0.29, 0.717) is 16.5 Å². The van der Waals surface area contributed by atoms with E-state index in [9.17, 15) is 13.2 Å². The minimum absolute atomic E-state index is 0.0487. The van der Waals surface area contributed by atoms with Gasteiger partial charge in [-0.25, -0.2) is 8.42 Å². The second kappa shape index (κ2) is 9.30. The molecule has 2 aromatic rings. The first-order chi connectivity index (χ1) is 13.1. The van der Waals surface area contributed by atoms with Crippen LogP contribution in [0, 0.1) is 0 Å². The van der Waals surface area contributed by atoms with Gasteiger partial charge in [-0.1, -0.05) is 23.7 Å². The summed E-state index contributed by atoms with van der Waals surface area (Å²) in [6.45, 7) is 5.68. The van der Waals surface area contributed by atoms with Crippen molar-refractivity contribution in [2.45, 2.75) is 39.5 Å². The van der Waals surface area contributed by atoms with Crippen molar-refractivity contribution in [1.82, 2.24) is 5.32 Å². The Bertz CT molecular complexity index is 914. The van der Waals surface area contributed by atoms with Crippen LogP contribution in [-0.4, -0.2) is 32.7 Å². The van der Waals surface area contributed by atoms with Crippen LogP contribution in [0.4, 0.5) is 5.69 Å². The molecule has 0 heterocycles. The maximum Gasteiger partial charge on any atom is 0.243 e. The number of sulfonamides is 1. The lowest BCUT2D eigenvalue weighted by molar-refractivity contribution is -0.122. The van der Waals surface area contributed by atoms with E-state index >= 15 is 0 Å². The van der Waals surface area contributed by atoms with Gasteiger partial charge >= 0.3 is 0 Å². The molecule has 0 aliphatic carbocycles. The summed E-state index contributed by atoms with van der Waals surface area (Å²) in [4.78, 5) is 12.6. The van der Waals surface area contributed by atoms with E-state index in [1.54, 1.807) is 31.2 Å². The first-order valence-electron chi connectivity index (χ1n) is 8.86. The molecular weight excluding hydrogens is 400 g/mol. The smallest absolute Gasteiger partial charge is 0.243 e. The minimum atomic E-state index is -3.67. The molecule has 6 nitrogen and oxygen atoms in total. The number of carbonyl (C=O) groups excluding carboxylic acids is 1. The van der Waals surface area contributed by atoms with Crippen LogP contribution >= 0.6 is 11.6 Å². The van der Waals surface area contributed by atoms with Crippen molar-refractivity contribution in [2.75, 3.05) is 10.6 Å². The number of halogens is 1. The first kappa shape index (κ1) is 22.0. The Balaban J connectivity index is 2.12. The van der Waals surface area contributed by atoms with E-state index in [-0.39, 0.29) is 12.6 Å². The van der Waals surface area contributed by atoms with E-state index in [0.717, 1.165) is 16.1 Å². The number of ether oxygens (including phenoxy) is 1. The summed E-state index contributed by atoms with van der Waals surface area (Å²) in [5, 5.41) is 3.27. The highest BCUT2D eigenvalue weighted by atomic mass is 35.5. The summed E-state index contributed by atoms with van der Waals surface area (Å²) in [6.07, 6.45) is 1.12. The number of nitrogens with zero attached hydrogens (tertiary/aromatic N) is 1. The fourth-order valence-electron chi connectivity index (χ4n) is 2.73. The Morgan fingerprint density at radius 3 is 2.36 bits per heavy atom. The largest absolute Gasteiger partial charge is 0.491 e. The van der Waals surface area contributed by atoms with Crippen LogP contribution in [0.1, 0.15) is 26.3 Å². The van der Waals surface area contributed by atoms with Crippen molar-refractivity contribution in [1.29, 1.82) is 0 Å². The van der Waals surface area contributed by atoms with Crippen LogP contribution < -0.4 is 14.4 Å². The normalized spacial score (nSPS) is 12.5. The van der Waals surface area contributed by atoms with E-state index in [2.05, 4.69) is 5.32 Å². The highest BCUT2D eigenvalue weighted by molar-refractivity contribution is 7.92. The quantitative estimate of drug-likeness (QED) is 0.702. The highest BCUT2D eigenvalue weighted by Gasteiger charge is 2.28. The molecule has 1 amide bonds. The summed E-state index contributed by atoms with van der Waals surface area (Å²) in [5.74, 6) is 0.310. The number of hydrogen-bond donors (Lipinski definition) is 1. The van der Waals surface area contributed by atoms with Crippen LogP contribution in [-0.2, 0) is 21.4 Å². The van der Waals surface area contributed by atoms with Crippen LogP contribution in [0.3, 0.4) is 0 Å². The molecule has 1 N–H and O–H groups in total. The van der Waals surface area contributed by atoms with Gasteiger partial charge in [0, 0.05) is 11.6 Å². The van der Waals surface area contributed by atoms with Gasteiger partial charge in [-0.15, -0.1) is 0 Å². The number of anilines is 1. The highest BCUT2D eigenvalue weighted by Crippen LogP contribution is 2.23. The summed E-state index contributed by atoms with van der Waals surface area (Å²) < 4.78 is 31.3. The van der Waals surface area contributed by atoms with E-state index < -0.39 is 22.0 Å². The third kappa shape index (κ3) is 6.14. The molecular formula is C20H25ClN2O4S. The summed E-state index contributed by atoms with van der Waals surface area (Å²) >= 11 is 5.88. The molecule has 0 bridgehead atoms. The molecule has 0 radical (unpaired) electrons. The van der Waals surface area contributed by atoms with E-state index in [1.807, 2.05) is 38.1 Å². The lowest BCUT2D eigenvalue weighted by Gasteiger charge is -2.28. The van der Waals surface area contributed by atoms with Gasteiger partial charge in [0.15, 0.2) is 0 Å². The predicted molar refractivity (Wildman–Crippen MR) is 112 cm³/mol. The Hall–Kier alpha value is -2.25. The maximum absolute atomic E-state index is 12.6. The minimum Gasteiger partial charge on any atom is -0.491 e. The van der Waals surface area contributed by atoms with Crippen molar-refractivity contribution in [3.8, 4) is 5.75 Å². The second-order valence-corrected chi connectivity index (χ2v) is 9.04. The zero-order valence-corrected chi connectivity index (χ0v) is 17.9. The lowest BCUT2D eigenvalue weighted by Crippen LogP contribution is -2.47. The van der Waals surface area contributed by atoms with Gasteiger partial charge < -0.3 is 10.1 Å². The van der Waals surface area contributed by atoms with Gasteiger partial charge in [0.1, 0.15) is 11.8 Å². The Morgan fingerprint density at radius 1 is 1.14 bits per heavy atom. The fraction of sp³-hybridized carbons (Fsp3) is 0.350. The molecule has 28 heavy (non-hydrogen) atoms. The standard InChI is InChI=1S/C20H25ClN2O4S/c1-14(2)27-19-7-5-6-16(12-19)13-22-20(24)15(3)23(28(4,25)26)18-10-8-17(21)9-11-18/h5-12,14-15H,13H2,1-4H3,(H,22,24). The Morgan fingerprint density at radius 2 is 1.79 bits per heavy atom. The van der Waals surface area contributed by atoms with Gasteiger partial charge in [-0.3, -0.25) is 9.10 Å². The van der Waals surface area contributed by atoms with Gasteiger partial charge in [-0.2, -0.15) is 0 Å². The number of hydrogen-bond acceptors (Lipinski definition) is 4. The third-order valence-electron chi connectivity index (χ3n) is 3.91.